The fraction of sp³-hybridized carbons (Fsp3) is 0.806. The van der Waals surface area contributed by atoms with Gasteiger partial charge in [-0.3, -0.25) is 4.98 Å². The van der Waals surface area contributed by atoms with Gasteiger partial charge in [-0.05, 0) is 110 Å². The normalized spacial score (nSPS) is 43.8. The van der Waals surface area contributed by atoms with E-state index in [0.29, 0.717) is 41.4 Å². The van der Waals surface area contributed by atoms with Gasteiger partial charge in [0.25, 0.3) is 0 Å². The molecule has 4 N–H and O–H groups in total. The topological polar surface area (TPSA) is 103 Å². The van der Waals surface area contributed by atoms with Gasteiger partial charge in [-0.1, -0.05) is 34.1 Å². The average molecular weight is 513 g/mol. The molecule has 1 heterocycles. The fourth-order valence-electron chi connectivity index (χ4n) is 10.2. The second kappa shape index (κ2) is 10.1. The zero-order chi connectivity index (χ0) is 26.5. The van der Waals surface area contributed by atoms with Gasteiger partial charge in [-0.25, -0.2) is 4.79 Å². The van der Waals surface area contributed by atoms with E-state index in [2.05, 4.69) is 38.0 Å². The molecule has 0 aromatic carbocycles. The van der Waals surface area contributed by atoms with Gasteiger partial charge in [0.15, 0.2) is 0 Å². The summed E-state index contributed by atoms with van der Waals surface area (Å²) in [5.74, 6) is 2.55. The zero-order valence-electron chi connectivity index (χ0n) is 23.2. The molecule has 0 unspecified atom stereocenters. The molecule has 1 aromatic heterocycles. The van der Waals surface area contributed by atoms with Gasteiger partial charge in [-0.2, -0.15) is 0 Å². The first-order valence-corrected chi connectivity index (χ1v) is 14.9. The maximum Gasteiger partial charge on any atom is 0.337 e. The van der Waals surface area contributed by atoms with Gasteiger partial charge in [-0.15, -0.1) is 0 Å². The highest BCUT2D eigenvalue weighted by Gasteiger charge is 2.64. The quantitative estimate of drug-likeness (QED) is 0.366. The lowest BCUT2D eigenvalue weighted by Crippen LogP contribution is -2.62. The Hall–Kier alpha value is -1.66. The van der Waals surface area contributed by atoms with Gasteiger partial charge in [0.05, 0.1) is 23.5 Å². The lowest BCUT2D eigenvalue weighted by molar-refractivity contribution is -0.203. The molecule has 0 radical (unpaired) electrons. The number of aromatic nitrogens is 1. The predicted molar refractivity (Wildman–Crippen MR) is 145 cm³/mol. The number of fused-ring (bicyclic) bond motifs is 5. The van der Waals surface area contributed by atoms with Crippen LogP contribution >= 0.6 is 0 Å². The van der Waals surface area contributed by atoms with Crippen LogP contribution in [0, 0.1) is 52.3 Å². The molecule has 5 rings (SSSR count). The molecule has 4 aliphatic carbocycles. The van der Waals surface area contributed by atoms with Crippen LogP contribution in [0.25, 0.3) is 0 Å². The summed E-state index contributed by atoms with van der Waals surface area (Å²) < 4.78 is 0. The van der Waals surface area contributed by atoms with Crippen molar-refractivity contribution in [3.63, 3.8) is 0 Å². The number of rotatable bonds is 7. The summed E-state index contributed by atoms with van der Waals surface area (Å²) in [4.78, 5) is 15.3. The molecular formula is C31H48N2O4. The van der Waals surface area contributed by atoms with E-state index in [-0.39, 0.29) is 28.6 Å². The number of carboxylic acids is 1. The molecule has 4 saturated carbocycles. The molecule has 6 heteroatoms. The highest BCUT2D eigenvalue weighted by molar-refractivity contribution is 5.88. The molecule has 4 aliphatic rings. The molecule has 0 spiro atoms. The van der Waals surface area contributed by atoms with Gasteiger partial charge in [0, 0.05) is 18.9 Å². The second-order valence-electron chi connectivity index (χ2n) is 13.6. The first-order valence-electron chi connectivity index (χ1n) is 14.9. The Morgan fingerprint density at radius 2 is 1.81 bits per heavy atom. The Bertz CT molecular complexity index is 986. The second-order valence-corrected chi connectivity index (χ2v) is 13.6. The van der Waals surface area contributed by atoms with Crippen LogP contribution in [0.4, 0.5) is 5.69 Å². The number of aliphatic hydroxyl groups excluding tert-OH is 2. The largest absolute Gasteiger partial charge is 0.478 e. The van der Waals surface area contributed by atoms with Crippen molar-refractivity contribution in [3.05, 3.63) is 24.0 Å². The number of aliphatic hydroxyl groups is 2. The monoisotopic (exact) mass is 512 g/mol. The Kier molecular flexibility index (Phi) is 7.38. The summed E-state index contributed by atoms with van der Waals surface area (Å²) in [5, 5.41) is 35.0. The Morgan fingerprint density at radius 3 is 2.54 bits per heavy atom. The van der Waals surface area contributed by atoms with Crippen LogP contribution in [0.1, 0.15) is 95.8 Å². The molecule has 0 amide bonds. The summed E-state index contributed by atoms with van der Waals surface area (Å²) in [7, 11) is 0. The predicted octanol–water partition coefficient (Wildman–Crippen LogP) is 5.84. The SMILES string of the molecule is CC[C@H]1[C@@H](O)[C@@H]2[C@H](CC[C@]3(C)[C@@H]([C@H](C)CCNc4cncc(C(=O)O)c4)CC[C@@H]23)[C@@]2(C)CC[C@@H](O)C[C@@H]12. The van der Waals surface area contributed by atoms with Crippen molar-refractivity contribution in [2.24, 2.45) is 52.3 Å². The maximum atomic E-state index is 11.9. The zero-order valence-corrected chi connectivity index (χ0v) is 23.2. The molecule has 11 atom stereocenters. The first-order chi connectivity index (χ1) is 17.6. The molecular weight excluding hydrogens is 464 g/mol. The van der Waals surface area contributed by atoms with Crippen molar-refractivity contribution >= 4 is 11.7 Å². The number of carbonyl (C=O) groups is 1. The summed E-state index contributed by atoms with van der Waals surface area (Å²) in [6.45, 7) is 10.5. The lowest BCUT2D eigenvalue weighted by atomic mass is 9.41. The van der Waals surface area contributed by atoms with Crippen molar-refractivity contribution in [2.45, 2.75) is 97.7 Å². The van der Waals surface area contributed by atoms with E-state index in [4.69, 9.17) is 0 Å². The molecule has 0 bridgehead atoms. The highest BCUT2D eigenvalue weighted by Crippen LogP contribution is 2.69. The van der Waals surface area contributed by atoms with E-state index in [1.807, 2.05) is 0 Å². The number of hydrogen-bond donors (Lipinski definition) is 4. The molecule has 0 saturated heterocycles. The number of nitrogens with zero attached hydrogens (tertiary/aromatic N) is 1. The Labute approximate surface area is 222 Å². The summed E-state index contributed by atoms with van der Waals surface area (Å²) in [6.07, 6.45) is 12.5. The highest BCUT2D eigenvalue weighted by atomic mass is 16.4. The van der Waals surface area contributed by atoms with Gasteiger partial charge < -0.3 is 20.6 Å². The Balaban J connectivity index is 1.29. The van der Waals surface area contributed by atoms with Crippen molar-refractivity contribution < 1.29 is 20.1 Å². The van der Waals surface area contributed by atoms with Crippen molar-refractivity contribution in [1.82, 2.24) is 4.98 Å². The number of aromatic carboxylic acids is 1. The third-order valence-corrected chi connectivity index (χ3v) is 12.1. The minimum Gasteiger partial charge on any atom is -0.478 e. The van der Waals surface area contributed by atoms with Crippen LogP contribution in [-0.4, -0.2) is 45.0 Å². The molecule has 0 aliphatic heterocycles. The maximum absolute atomic E-state index is 11.9. The molecule has 6 nitrogen and oxygen atoms in total. The molecule has 1 aromatic rings. The number of anilines is 1. The summed E-state index contributed by atoms with van der Waals surface area (Å²) in [6, 6.07) is 1.65. The van der Waals surface area contributed by atoms with Crippen LogP contribution in [-0.2, 0) is 0 Å². The number of nitrogens with one attached hydrogen (secondary N) is 1. The minimum atomic E-state index is -0.954. The standard InChI is InChI=1S/C31H48N2O4/c1-5-22-26-15-21(34)8-11-31(26,4)25-9-12-30(3)23(6-7-24(30)27(25)28(22)35)18(2)10-13-33-20-14-19(29(36)37)16-32-17-20/h14,16-18,21-28,33-35H,5-13,15H2,1-4H3,(H,36,37)/t18-,21-,22-,23-,24+,25+,26+,27+,28-,30-,31-/m1/s1. The van der Waals surface area contributed by atoms with E-state index in [9.17, 15) is 20.1 Å². The fourth-order valence-corrected chi connectivity index (χ4v) is 10.2. The number of carboxylic acid groups (broad SMARTS) is 1. The van der Waals surface area contributed by atoms with E-state index >= 15 is 0 Å². The van der Waals surface area contributed by atoms with Crippen molar-refractivity contribution in [3.8, 4) is 0 Å². The first kappa shape index (κ1) is 26.9. The van der Waals surface area contributed by atoms with Gasteiger partial charge in [0.2, 0.25) is 0 Å². The number of hydrogen-bond acceptors (Lipinski definition) is 5. The van der Waals surface area contributed by atoms with Gasteiger partial charge >= 0.3 is 5.97 Å². The molecule has 206 valence electrons. The Morgan fingerprint density at radius 1 is 1.08 bits per heavy atom. The molecule has 37 heavy (non-hydrogen) atoms. The summed E-state index contributed by atoms with van der Waals surface area (Å²) in [5.41, 5.74) is 1.49. The van der Waals surface area contributed by atoms with Crippen LogP contribution in [0.5, 0.6) is 0 Å². The van der Waals surface area contributed by atoms with Gasteiger partial charge in [0.1, 0.15) is 0 Å². The summed E-state index contributed by atoms with van der Waals surface area (Å²) >= 11 is 0. The number of pyridine rings is 1. The van der Waals surface area contributed by atoms with E-state index in [1.165, 1.54) is 31.9 Å². The van der Waals surface area contributed by atoms with Crippen molar-refractivity contribution in [1.29, 1.82) is 0 Å². The average Bonchev–Trinajstić information content (AvgIpc) is 3.22. The third kappa shape index (κ3) is 4.50. The lowest BCUT2D eigenvalue weighted by Gasteiger charge is -2.64. The van der Waals surface area contributed by atoms with Crippen LogP contribution in [0.2, 0.25) is 0 Å². The van der Waals surface area contributed by atoms with Crippen LogP contribution in [0.3, 0.4) is 0 Å². The van der Waals surface area contributed by atoms with E-state index in [1.54, 1.807) is 12.3 Å². The van der Waals surface area contributed by atoms with E-state index in [0.717, 1.165) is 44.3 Å². The van der Waals surface area contributed by atoms with E-state index < -0.39 is 5.97 Å². The molecule has 4 fully saturated rings. The minimum absolute atomic E-state index is 0.197. The van der Waals surface area contributed by atoms with Crippen molar-refractivity contribution in [2.75, 3.05) is 11.9 Å². The van der Waals surface area contributed by atoms with Crippen LogP contribution in [0.15, 0.2) is 18.5 Å². The smallest absolute Gasteiger partial charge is 0.337 e. The third-order valence-electron chi connectivity index (χ3n) is 12.1. The van der Waals surface area contributed by atoms with Crippen LogP contribution < -0.4 is 5.32 Å².